The summed E-state index contributed by atoms with van der Waals surface area (Å²) in [6.07, 6.45) is 0. The number of hydrogen-bond donors (Lipinski definition) is 2. The molecule has 4 nitrogen and oxygen atoms in total. The molecular weight excluding hydrogens is 236 g/mol. The lowest BCUT2D eigenvalue weighted by Crippen LogP contribution is -2.23. The molecule has 0 fully saturated rings. The Balaban J connectivity index is 2.00. The molecule has 1 aromatic heterocycles. The van der Waals surface area contributed by atoms with Crippen molar-refractivity contribution >= 4 is 28.8 Å². The summed E-state index contributed by atoms with van der Waals surface area (Å²) in [6, 6.07) is 3.84. The van der Waals surface area contributed by atoms with Crippen molar-refractivity contribution in [3.8, 4) is 0 Å². The predicted octanol–water partition coefficient (Wildman–Crippen LogP) is 0.993. The zero-order valence-electron chi connectivity index (χ0n) is 8.16. The molecular formula is C9H13ClN2O2S. The van der Waals surface area contributed by atoms with Crippen LogP contribution in [0.2, 0.25) is 4.34 Å². The van der Waals surface area contributed by atoms with Crippen LogP contribution in [-0.2, 0) is 16.1 Å². The number of hydrogen-bond acceptors (Lipinski definition) is 4. The van der Waals surface area contributed by atoms with Crippen LogP contribution in [0.3, 0.4) is 0 Å². The van der Waals surface area contributed by atoms with Crippen LogP contribution in [0.15, 0.2) is 12.1 Å². The number of amides is 1. The van der Waals surface area contributed by atoms with E-state index in [1.54, 1.807) is 11.3 Å². The lowest BCUT2D eigenvalue weighted by Gasteiger charge is -2.03. The number of nitrogens with two attached hydrogens (primary N) is 1. The van der Waals surface area contributed by atoms with Crippen LogP contribution in [0.4, 0.5) is 0 Å². The number of nitrogens with one attached hydrogen (secondary N) is 1. The molecule has 84 valence electrons. The molecule has 0 aliphatic rings. The molecule has 0 aliphatic carbocycles. The first kappa shape index (κ1) is 12.4. The summed E-state index contributed by atoms with van der Waals surface area (Å²) >= 11 is 7.32. The van der Waals surface area contributed by atoms with E-state index in [1.807, 2.05) is 12.1 Å². The average Bonchev–Trinajstić information content (AvgIpc) is 2.57. The van der Waals surface area contributed by atoms with Gasteiger partial charge in [-0.25, -0.2) is 0 Å². The molecule has 0 saturated heterocycles. The van der Waals surface area contributed by atoms with E-state index in [-0.39, 0.29) is 6.61 Å². The Hall–Kier alpha value is -0.620. The van der Waals surface area contributed by atoms with E-state index in [0.717, 1.165) is 10.9 Å². The van der Waals surface area contributed by atoms with E-state index < -0.39 is 5.91 Å². The third kappa shape index (κ3) is 5.74. The molecule has 1 amide bonds. The van der Waals surface area contributed by atoms with Crippen LogP contribution in [0, 0.1) is 0 Å². The highest BCUT2D eigenvalue weighted by molar-refractivity contribution is 7.16. The molecule has 6 heteroatoms. The second-order valence-corrected chi connectivity index (χ2v) is 4.70. The van der Waals surface area contributed by atoms with Gasteiger partial charge in [0.15, 0.2) is 0 Å². The van der Waals surface area contributed by atoms with E-state index >= 15 is 0 Å². The summed E-state index contributed by atoms with van der Waals surface area (Å²) in [5.41, 5.74) is 4.90. The van der Waals surface area contributed by atoms with Crippen molar-refractivity contribution < 1.29 is 9.53 Å². The Morgan fingerprint density at radius 2 is 2.40 bits per heavy atom. The van der Waals surface area contributed by atoms with Crippen LogP contribution in [0.5, 0.6) is 0 Å². The Kier molecular flexibility index (Phi) is 5.63. The largest absolute Gasteiger partial charge is 0.370 e. The molecule has 3 N–H and O–H groups in total. The van der Waals surface area contributed by atoms with E-state index in [1.165, 1.54) is 4.88 Å². The summed E-state index contributed by atoms with van der Waals surface area (Å²) in [5.74, 6) is -0.444. The van der Waals surface area contributed by atoms with Gasteiger partial charge in [-0.2, -0.15) is 0 Å². The first-order valence-corrected chi connectivity index (χ1v) is 5.69. The highest BCUT2D eigenvalue weighted by atomic mass is 35.5. The first-order valence-electron chi connectivity index (χ1n) is 4.49. The molecule has 15 heavy (non-hydrogen) atoms. The molecule has 0 aromatic carbocycles. The molecule has 0 unspecified atom stereocenters. The quantitative estimate of drug-likeness (QED) is 0.708. The molecule has 0 atom stereocenters. The minimum Gasteiger partial charge on any atom is -0.370 e. The smallest absolute Gasteiger partial charge is 0.243 e. The Bertz CT molecular complexity index is 317. The fraction of sp³-hybridized carbons (Fsp3) is 0.444. The maximum atomic E-state index is 10.3. The van der Waals surface area contributed by atoms with Crippen LogP contribution in [-0.4, -0.2) is 25.7 Å². The minimum absolute atomic E-state index is 0.0213. The van der Waals surface area contributed by atoms with Gasteiger partial charge in [-0.05, 0) is 12.1 Å². The number of primary amides is 1. The topological polar surface area (TPSA) is 64.4 Å². The molecule has 1 heterocycles. The Morgan fingerprint density at radius 1 is 1.60 bits per heavy atom. The van der Waals surface area contributed by atoms with Crippen molar-refractivity contribution in [3.63, 3.8) is 0 Å². The summed E-state index contributed by atoms with van der Waals surface area (Å²) in [5, 5.41) is 3.16. The number of carbonyl (C=O) groups excluding carboxylic acids is 1. The standard InChI is InChI=1S/C9H13ClN2O2S/c10-8-2-1-7(15-8)5-12-3-4-14-6-9(11)13/h1-2,12H,3-6H2,(H2,11,13). The van der Waals surface area contributed by atoms with Gasteiger partial charge in [0.25, 0.3) is 0 Å². The van der Waals surface area contributed by atoms with Crippen LogP contribution < -0.4 is 11.1 Å². The molecule has 0 saturated carbocycles. The highest BCUT2D eigenvalue weighted by Gasteiger charge is 1.97. The van der Waals surface area contributed by atoms with Crippen molar-refractivity contribution in [1.29, 1.82) is 0 Å². The Morgan fingerprint density at radius 3 is 3.00 bits per heavy atom. The van der Waals surface area contributed by atoms with Gasteiger partial charge in [-0.3, -0.25) is 4.79 Å². The zero-order valence-corrected chi connectivity index (χ0v) is 9.74. The third-order valence-electron chi connectivity index (χ3n) is 1.60. The van der Waals surface area contributed by atoms with E-state index in [0.29, 0.717) is 13.2 Å². The van der Waals surface area contributed by atoms with Crippen LogP contribution in [0.1, 0.15) is 4.88 Å². The van der Waals surface area contributed by atoms with Gasteiger partial charge in [-0.15, -0.1) is 11.3 Å². The van der Waals surface area contributed by atoms with Gasteiger partial charge in [0.05, 0.1) is 10.9 Å². The Labute approximate surface area is 97.4 Å². The first-order chi connectivity index (χ1) is 7.18. The number of halogens is 1. The maximum absolute atomic E-state index is 10.3. The summed E-state index contributed by atoms with van der Waals surface area (Å²) in [7, 11) is 0. The molecule has 1 rings (SSSR count). The zero-order chi connectivity index (χ0) is 11.1. The van der Waals surface area contributed by atoms with Crippen LogP contribution >= 0.6 is 22.9 Å². The highest BCUT2D eigenvalue weighted by Crippen LogP contribution is 2.20. The third-order valence-corrected chi connectivity index (χ3v) is 2.83. The van der Waals surface area contributed by atoms with Gasteiger partial charge < -0.3 is 15.8 Å². The fourth-order valence-corrected chi connectivity index (χ4v) is 2.03. The van der Waals surface area contributed by atoms with Crippen molar-refractivity contribution in [2.45, 2.75) is 6.54 Å². The molecule has 0 radical (unpaired) electrons. The molecule has 1 aromatic rings. The van der Waals surface area contributed by atoms with E-state index in [2.05, 4.69) is 5.32 Å². The second-order valence-electron chi connectivity index (χ2n) is 2.90. The average molecular weight is 249 g/mol. The normalized spacial score (nSPS) is 10.5. The summed E-state index contributed by atoms with van der Waals surface area (Å²) < 4.78 is 5.77. The SMILES string of the molecule is NC(=O)COCCNCc1ccc(Cl)s1. The lowest BCUT2D eigenvalue weighted by atomic mass is 10.4. The lowest BCUT2D eigenvalue weighted by molar-refractivity contribution is -0.122. The van der Waals surface area contributed by atoms with Gasteiger partial charge in [0, 0.05) is 18.0 Å². The predicted molar refractivity (Wildman–Crippen MR) is 61.0 cm³/mol. The van der Waals surface area contributed by atoms with Crippen molar-refractivity contribution in [1.82, 2.24) is 5.32 Å². The number of thiophene rings is 1. The van der Waals surface area contributed by atoms with Crippen molar-refractivity contribution in [3.05, 3.63) is 21.3 Å². The monoisotopic (exact) mass is 248 g/mol. The van der Waals surface area contributed by atoms with Crippen molar-refractivity contribution in [2.75, 3.05) is 19.8 Å². The van der Waals surface area contributed by atoms with E-state index in [4.69, 9.17) is 22.1 Å². The number of carbonyl (C=O) groups is 1. The molecule has 0 aliphatic heterocycles. The van der Waals surface area contributed by atoms with Crippen LogP contribution in [0.25, 0.3) is 0 Å². The fourth-order valence-electron chi connectivity index (χ4n) is 0.975. The maximum Gasteiger partial charge on any atom is 0.243 e. The molecule has 0 bridgehead atoms. The van der Waals surface area contributed by atoms with Gasteiger partial charge in [0.2, 0.25) is 5.91 Å². The van der Waals surface area contributed by atoms with Gasteiger partial charge in [0.1, 0.15) is 6.61 Å². The minimum atomic E-state index is -0.444. The molecule has 0 spiro atoms. The summed E-state index contributed by atoms with van der Waals surface area (Å²) in [6.45, 7) is 1.90. The van der Waals surface area contributed by atoms with Crippen molar-refractivity contribution in [2.24, 2.45) is 5.73 Å². The second kappa shape index (κ2) is 6.79. The number of ether oxygens (including phenoxy) is 1. The summed E-state index contributed by atoms with van der Waals surface area (Å²) in [4.78, 5) is 11.5. The number of rotatable bonds is 7. The van der Waals surface area contributed by atoms with Gasteiger partial charge in [-0.1, -0.05) is 11.6 Å². The van der Waals surface area contributed by atoms with Gasteiger partial charge >= 0.3 is 0 Å². The van der Waals surface area contributed by atoms with E-state index in [9.17, 15) is 4.79 Å².